The zero-order chi connectivity index (χ0) is 12.1. The molecule has 0 saturated carbocycles. The maximum Gasteiger partial charge on any atom is 0.307 e. The summed E-state index contributed by atoms with van der Waals surface area (Å²) in [6.07, 6.45) is 0.127. The topological polar surface area (TPSA) is 66.9 Å². The Morgan fingerprint density at radius 1 is 1.25 bits per heavy atom. The van der Waals surface area contributed by atoms with Crippen molar-refractivity contribution in [3.63, 3.8) is 0 Å². The molecule has 0 aromatic carbocycles. The van der Waals surface area contributed by atoms with Gasteiger partial charge in [0.05, 0.1) is 26.6 Å². The standard InChI is InChI=1S/C10H16N2O4/c1-3-11-6-9(14)12(7-8(11)13)5-4-10(15)16-2/h3-7H2,1-2H3. The lowest BCUT2D eigenvalue weighted by Crippen LogP contribution is -2.53. The minimum atomic E-state index is -0.377. The lowest BCUT2D eigenvalue weighted by Gasteiger charge is -2.33. The quantitative estimate of drug-likeness (QED) is 0.593. The molecule has 0 unspecified atom stereocenters. The van der Waals surface area contributed by atoms with E-state index in [0.29, 0.717) is 6.54 Å². The molecule has 90 valence electrons. The second kappa shape index (κ2) is 5.48. The lowest BCUT2D eigenvalue weighted by atomic mass is 10.2. The highest BCUT2D eigenvalue weighted by molar-refractivity contribution is 5.92. The molecule has 1 heterocycles. The van der Waals surface area contributed by atoms with Gasteiger partial charge in [0.25, 0.3) is 0 Å². The van der Waals surface area contributed by atoms with Crippen LogP contribution in [0.2, 0.25) is 0 Å². The van der Waals surface area contributed by atoms with Gasteiger partial charge in [-0.1, -0.05) is 0 Å². The van der Waals surface area contributed by atoms with Crippen molar-refractivity contribution >= 4 is 17.8 Å². The number of likely N-dealkylation sites (N-methyl/N-ethyl adjacent to an activating group) is 1. The minimum Gasteiger partial charge on any atom is -0.469 e. The molecule has 1 saturated heterocycles. The second-order valence-electron chi connectivity index (χ2n) is 3.55. The van der Waals surface area contributed by atoms with Crippen LogP contribution in [-0.4, -0.2) is 60.9 Å². The molecule has 1 aliphatic heterocycles. The molecule has 0 atom stereocenters. The van der Waals surface area contributed by atoms with Crippen LogP contribution in [0.3, 0.4) is 0 Å². The Hall–Kier alpha value is -1.59. The van der Waals surface area contributed by atoms with Gasteiger partial charge in [0.1, 0.15) is 0 Å². The van der Waals surface area contributed by atoms with Crippen LogP contribution in [0.1, 0.15) is 13.3 Å². The Kier molecular flexibility index (Phi) is 4.28. The number of carbonyl (C=O) groups is 3. The summed E-state index contributed by atoms with van der Waals surface area (Å²) in [5, 5.41) is 0. The van der Waals surface area contributed by atoms with Crippen LogP contribution < -0.4 is 0 Å². The summed E-state index contributed by atoms with van der Waals surface area (Å²) in [6, 6.07) is 0. The molecule has 2 amide bonds. The van der Waals surface area contributed by atoms with Crippen molar-refractivity contribution in [3.05, 3.63) is 0 Å². The predicted octanol–water partition coefficient (Wildman–Crippen LogP) is -0.760. The number of hydrogen-bond donors (Lipinski definition) is 0. The van der Waals surface area contributed by atoms with E-state index in [-0.39, 0.29) is 43.8 Å². The molecule has 6 heteroatoms. The van der Waals surface area contributed by atoms with E-state index in [1.807, 2.05) is 6.92 Å². The van der Waals surface area contributed by atoms with Crippen LogP contribution in [0.15, 0.2) is 0 Å². The molecule has 1 rings (SSSR count). The Morgan fingerprint density at radius 3 is 2.38 bits per heavy atom. The molecule has 0 bridgehead atoms. The molecule has 1 fully saturated rings. The third kappa shape index (κ3) is 2.95. The van der Waals surface area contributed by atoms with E-state index >= 15 is 0 Å². The summed E-state index contributed by atoms with van der Waals surface area (Å²) in [7, 11) is 1.30. The third-order valence-electron chi connectivity index (χ3n) is 2.55. The molecular formula is C10H16N2O4. The maximum absolute atomic E-state index is 11.6. The second-order valence-corrected chi connectivity index (χ2v) is 3.55. The number of carbonyl (C=O) groups excluding carboxylic acids is 3. The van der Waals surface area contributed by atoms with E-state index in [1.165, 1.54) is 16.9 Å². The van der Waals surface area contributed by atoms with Gasteiger partial charge in [0.2, 0.25) is 11.8 Å². The highest BCUT2D eigenvalue weighted by atomic mass is 16.5. The van der Waals surface area contributed by atoms with Crippen molar-refractivity contribution in [2.75, 3.05) is 33.3 Å². The van der Waals surface area contributed by atoms with Crippen LogP contribution in [-0.2, 0) is 19.1 Å². The zero-order valence-corrected chi connectivity index (χ0v) is 9.56. The van der Waals surface area contributed by atoms with Gasteiger partial charge in [-0.3, -0.25) is 14.4 Å². The first-order valence-corrected chi connectivity index (χ1v) is 5.20. The first-order chi connectivity index (χ1) is 7.58. The molecule has 0 radical (unpaired) electrons. The molecular weight excluding hydrogens is 212 g/mol. The molecule has 0 aromatic heterocycles. The van der Waals surface area contributed by atoms with Crippen molar-refractivity contribution in [2.24, 2.45) is 0 Å². The summed E-state index contributed by atoms with van der Waals surface area (Å²) in [5.74, 6) is -0.574. The Balaban J connectivity index is 2.47. The SMILES string of the molecule is CCN1CC(=O)N(CCC(=O)OC)CC1=O. The minimum absolute atomic E-state index is 0.0592. The number of methoxy groups -OCH3 is 1. The van der Waals surface area contributed by atoms with Crippen LogP contribution in [0.4, 0.5) is 0 Å². The average molecular weight is 228 g/mol. The van der Waals surface area contributed by atoms with E-state index in [2.05, 4.69) is 4.74 Å². The number of hydrogen-bond acceptors (Lipinski definition) is 4. The molecule has 1 aliphatic rings. The number of nitrogens with zero attached hydrogens (tertiary/aromatic N) is 2. The van der Waals surface area contributed by atoms with E-state index < -0.39 is 0 Å². The van der Waals surface area contributed by atoms with Gasteiger partial charge in [-0.05, 0) is 6.92 Å². The summed E-state index contributed by atoms with van der Waals surface area (Å²) in [6.45, 7) is 2.78. The Morgan fingerprint density at radius 2 is 1.81 bits per heavy atom. The van der Waals surface area contributed by atoms with E-state index in [9.17, 15) is 14.4 Å². The molecule has 0 N–H and O–H groups in total. The first kappa shape index (κ1) is 12.5. The summed E-state index contributed by atoms with van der Waals surface area (Å²) in [5.41, 5.74) is 0. The maximum atomic E-state index is 11.6. The third-order valence-corrected chi connectivity index (χ3v) is 2.55. The number of piperazine rings is 1. The van der Waals surface area contributed by atoms with Gasteiger partial charge >= 0.3 is 5.97 Å². The van der Waals surface area contributed by atoms with E-state index in [4.69, 9.17) is 0 Å². The van der Waals surface area contributed by atoms with Crippen LogP contribution in [0.5, 0.6) is 0 Å². The van der Waals surface area contributed by atoms with Gasteiger partial charge < -0.3 is 14.5 Å². The van der Waals surface area contributed by atoms with Crippen molar-refractivity contribution < 1.29 is 19.1 Å². The van der Waals surface area contributed by atoms with Crippen molar-refractivity contribution in [3.8, 4) is 0 Å². The van der Waals surface area contributed by atoms with Crippen LogP contribution in [0.25, 0.3) is 0 Å². The van der Waals surface area contributed by atoms with Crippen LogP contribution in [0, 0.1) is 0 Å². The predicted molar refractivity (Wildman–Crippen MR) is 55.5 cm³/mol. The van der Waals surface area contributed by atoms with E-state index in [0.717, 1.165) is 0 Å². The molecule has 0 aliphatic carbocycles. The van der Waals surface area contributed by atoms with E-state index in [1.54, 1.807) is 0 Å². The Bertz CT molecular complexity index is 303. The monoisotopic (exact) mass is 228 g/mol. The molecule has 0 aromatic rings. The van der Waals surface area contributed by atoms with Gasteiger partial charge in [0.15, 0.2) is 0 Å². The smallest absolute Gasteiger partial charge is 0.307 e. The van der Waals surface area contributed by atoms with Crippen LogP contribution >= 0.6 is 0 Å². The largest absolute Gasteiger partial charge is 0.469 e. The number of amides is 2. The fraction of sp³-hybridized carbons (Fsp3) is 0.700. The zero-order valence-electron chi connectivity index (χ0n) is 9.56. The average Bonchev–Trinajstić information content (AvgIpc) is 2.29. The van der Waals surface area contributed by atoms with Gasteiger partial charge in [-0.15, -0.1) is 0 Å². The number of rotatable bonds is 4. The summed E-state index contributed by atoms with van der Waals surface area (Å²) >= 11 is 0. The normalized spacial score (nSPS) is 16.6. The fourth-order valence-corrected chi connectivity index (χ4v) is 1.52. The first-order valence-electron chi connectivity index (χ1n) is 5.20. The van der Waals surface area contributed by atoms with Crippen molar-refractivity contribution in [2.45, 2.75) is 13.3 Å². The highest BCUT2D eigenvalue weighted by Gasteiger charge is 2.28. The van der Waals surface area contributed by atoms with Gasteiger partial charge in [-0.2, -0.15) is 0 Å². The number of esters is 1. The summed E-state index contributed by atoms with van der Waals surface area (Å²) < 4.78 is 4.47. The molecule has 0 spiro atoms. The fourth-order valence-electron chi connectivity index (χ4n) is 1.52. The highest BCUT2D eigenvalue weighted by Crippen LogP contribution is 2.05. The molecule has 16 heavy (non-hydrogen) atoms. The number of ether oxygens (including phenoxy) is 1. The summed E-state index contributed by atoms with van der Waals surface area (Å²) in [4.78, 5) is 36.9. The van der Waals surface area contributed by atoms with Crippen molar-refractivity contribution in [1.82, 2.24) is 9.80 Å². The lowest BCUT2D eigenvalue weighted by molar-refractivity contribution is -0.151. The Labute approximate surface area is 94.1 Å². The molecule has 6 nitrogen and oxygen atoms in total. The van der Waals surface area contributed by atoms with Crippen molar-refractivity contribution in [1.29, 1.82) is 0 Å². The van der Waals surface area contributed by atoms with Gasteiger partial charge in [0, 0.05) is 13.1 Å². The van der Waals surface area contributed by atoms with Gasteiger partial charge in [-0.25, -0.2) is 0 Å².